The first-order chi connectivity index (χ1) is 8.65. The predicted octanol–water partition coefficient (Wildman–Crippen LogP) is 3.73. The maximum atomic E-state index is 9.60. The van der Waals surface area contributed by atoms with Crippen molar-refractivity contribution in [2.24, 2.45) is 0 Å². The number of rotatable bonds is 3. The lowest BCUT2D eigenvalue weighted by Gasteiger charge is -2.10. The average molecular weight is 265 g/mol. The Morgan fingerprint density at radius 2 is 1.50 bits per heavy atom. The van der Waals surface area contributed by atoms with Gasteiger partial charge < -0.3 is 14.6 Å². The van der Waals surface area contributed by atoms with Crippen LogP contribution in [0.1, 0.15) is 0 Å². The number of phenols is 1. The van der Waals surface area contributed by atoms with Gasteiger partial charge in [0.05, 0.1) is 19.2 Å². The summed E-state index contributed by atoms with van der Waals surface area (Å²) >= 11 is 5.78. The van der Waals surface area contributed by atoms with E-state index in [1.165, 1.54) is 0 Å². The highest BCUT2D eigenvalue weighted by atomic mass is 35.5. The zero-order valence-electron chi connectivity index (χ0n) is 10.1. The third-order valence-electron chi connectivity index (χ3n) is 2.66. The number of benzene rings is 2. The molecule has 0 aliphatic carbocycles. The van der Waals surface area contributed by atoms with E-state index in [1.807, 2.05) is 24.3 Å². The molecule has 18 heavy (non-hydrogen) atoms. The van der Waals surface area contributed by atoms with E-state index in [9.17, 15) is 5.11 Å². The molecular weight excluding hydrogens is 252 g/mol. The SMILES string of the molecule is COc1ccc(-c2ccc(Cl)c(O)c2)cc1OC. The fourth-order valence-electron chi connectivity index (χ4n) is 1.71. The van der Waals surface area contributed by atoms with Gasteiger partial charge in [-0.25, -0.2) is 0 Å². The number of halogens is 1. The Kier molecular flexibility index (Phi) is 3.63. The normalized spacial score (nSPS) is 10.2. The largest absolute Gasteiger partial charge is 0.506 e. The Hall–Kier alpha value is -1.87. The molecule has 2 aromatic rings. The quantitative estimate of drug-likeness (QED) is 0.918. The fraction of sp³-hybridized carbons (Fsp3) is 0.143. The Balaban J connectivity index is 2.47. The van der Waals surface area contributed by atoms with E-state index in [-0.39, 0.29) is 5.75 Å². The summed E-state index contributed by atoms with van der Waals surface area (Å²) in [6, 6.07) is 10.7. The van der Waals surface area contributed by atoms with Gasteiger partial charge in [-0.3, -0.25) is 0 Å². The third-order valence-corrected chi connectivity index (χ3v) is 2.98. The molecule has 0 aliphatic rings. The average Bonchev–Trinajstić information content (AvgIpc) is 2.41. The highest BCUT2D eigenvalue weighted by Gasteiger charge is 2.07. The zero-order valence-corrected chi connectivity index (χ0v) is 10.9. The first-order valence-corrected chi connectivity index (χ1v) is 5.74. The zero-order chi connectivity index (χ0) is 13.1. The summed E-state index contributed by atoms with van der Waals surface area (Å²) in [5.41, 5.74) is 1.78. The van der Waals surface area contributed by atoms with Crippen LogP contribution in [0.3, 0.4) is 0 Å². The second kappa shape index (κ2) is 5.19. The van der Waals surface area contributed by atoms with Crippen LogP contribution in [0.15, 0.2) is 36.4 Å². The van der Waals surface area contributed by atoms with Crippen LogP contribution in [0, 0.1) is 0 Å². The van der Waals surface area contributed by atoms with Crippen molar-refractivity contribution in [2.45, 2.75) is 0 Å². The van der Waals surface area contributed by atoms with Crippen molar-refractivity contribution in [1.29, 1.82) is 0 Å². The molecule has 0 spiro atoms. The molecule has 1 N–H and O–H groups in total. The monoisotopic (exact) mass is 264 g/mol. The van der Waals surface area contributed by atoms with Crippen LogP contribution in [-0.4, -0.2) is 19.3 Å². The molecule has 0 unspecified atom stereocenters. The van der Waals surface area contributed by atoms with Gasteiger partial charge >= 0.3 is 0 Å². The Bertz CT molecular complexity index is 567. The summed E-state index contributed by atoms with van der Waals surface area (Å²) in [5.74, 6) is 1.37. The Labute approximate surface area is 111 Å². The lowest BCUT2D eigenvalue weighted by atomic mass is 10.0. The first-order valence-electron chi connectivity index (χ1n) is 5.36. The van der Waals surface area contributed by atoms with Crippen LogP contribution in [0.2, 0.25) is 5.02 Å². The number of hydrogen-bond acceptors (Lipinski definition) is 3. The van der Waals surface area contributed by atoms with Crippen LogP contribution in [0.4, 0.5) is 0 Å². The molecule has 0 amide bonds. The van der Waals surface area contributed by atoms with Gasteiger partial charge in [0.2, 0.25) is 0 Å². The molecule has 0 saturated heterocycles. The summed E-state index contributed by atoms with van der Waals surface area (Å²) in [6.07, 6.45) is 0. The van der Waals surface area contributed by atoms with Crippen molar-refractivity contribution >= 4 is 11.6 Å². The molecule has 0 aromatic heterocycles. The Morgan fingerprint density at radius 3 is 2.11 bits per heavy atom. The predicted molar refractivity (Wildman–Crippen MR) is 71.7 cm³/mol. The van der Waals surface area contributed by atoms with Gasteiger partial charge in [0, 0.05) is 0 Å². The van der Waals surface area contributed by atoms with Gasteiger partial charge in [0.15, 0.2) is 11.5 Å². The van der Waals surface area contributed by atoms with E-state index >= 15 is 0 Å². The number of phenolic OH excluding ortho intramolecular Hbond substituents is 1. The van der Waals surface area contributed by atoms with Crippen molar-refractivity contribution in [3.63, 3.8) is 0 Å². The molecule has 2 rings (SSSR count). The van der Waals surface area contributed by atoms with Crippen molar-refractivity contribution in [1.82, 2.24) is 0 Å². The van der Waals surface area contributed by atoms with Gasteiger partial charge in [-0.2, -0.15) is 0 Å². The van der Waals surface area contributed by atoms with E-state index in [4.69, 9.17) is 21.1 Å². The molecule has 0 atom stereocenters. The lowest BCUT2D eigenvalue weighted by molar-refractivity contribution is 0.355. The summed E-state index contributed by atoms with van der Waals surface area (Å²) in [6.45, 7) is 0. The highest BCUT2D eigenvalue weighted by Crippen LogP contribution is 2.34. The summed E-state index contributed by atoms with van der Waals surface area (Å²) in [7, 11) is 3.17. The minimum Gasteiger partial charge on any atom is -0.506 e. The smallest absolute Gasteiger partial charge is 0.161 e. The van der Waals surface area contributed by atoms with Crippen LogP contribution < -0.4 is 9.47 Å². The van der Waals surface area contributed by atoms with Crippen molar-refractivity contribution < 1.29 is 14.6 Å². The van der Waals surface area contributed by atoms with Gasteiger partial charge in [-0.1, -0.05) is 23.7 Å². The van der Waals surface area contributed by atoms with Gasteiger partial charge in [-0.05, 0) is 35.4 Å². The number of hydrogen-bond donors (Lipinski definition) is 1. The molecule has 3 nitrogen and oxygen atoms in total. The Morgan fingerprint density at radius 1 is 0.889 bits per heavy atom. The van der Waals surface area contributed by atoms with Gasteiger partial charge in [0.1, 0.15) is 5.75 Å². The third kappa shape index (κ3) is 2.36. The van der Waals surface area contributed by atoms with E-state index in [1.54, 1.807) is 26.4 Å². The topological polar surface area (TPSA) is 38.7 Å². The number of aromatic hydroxyl groups is 1. The van der Waals surface area contributed by atoms with E-state index in [2.05, 4.69) is 0 Å². The first kappa shape index (κ1) is 12.6. The van der Waals surface area contributed by atoms with E-state index in [0.29, 0.717) is 16.5 Å². The second-order valence-corrected chi connectivity index (χ2v) is 4.14. The molecule has 0 radical (unpaired) electrons. The van der Waals surface area contributed by atoms with Crippen molar-refractivity contribution in [2.75, 3.05) is 14.2 Å². The van der Waals surface area contributed by atoms with Crippen LogP contribution in [-0.2, 0) is 0 Å². The molecule has 0 fully saturated rings. The fourth-order valence-corrected chi connectivity index (χ4v) is 1.83. The van der Waals surface area contributed by atoms with E-state index < -0.39 is 0 Å². The maximum absolute atomic E-state index is 9.60. The molecule has 2 aromatic carbocycles. The second-order valence-electron chi connectivity index (χ2n) is 3.74. The standard InChI is InChI=1S/C14H13ClO3/c1-17-13-6-4-10(8-14(13)18-2)9-3-5-11(15)12(16)7-9/h3-8,16H,1-2H3. The van der Waals surface area contributed by atoms with Gasteiger partial charge in [-0.15, -0.1) is 0 Å². The number of ether oxygens (including phenoxy) is 2. The van der Waals surface area contributed by atoms with Crippen LogP contribution in [0.25, 0.3) is 11.1 Å². The molecule has 94 valence electrons. The number of methoxy groups -OCH3 is 2. The van der Waals surface area contributed by atoms with Crippen molar-refractivity contribution in [3.05, 3.63) is 41.4 Å². The van der Waals surface area contributed by atoms with E-state index in [0.717, 1.165) is 11.1 Å². The molecule has 0 bridgehead atoms. The molecule has 0 aliphatic heterocycles. The molecular formula is C14H13ClO3. The minimum absolute atomic E-state index is 0.0592. The van der Waals surface area contributed by atoms with Crippen LogP contribution >= 0.6 is 11.6 Å². The maximum Gasteiger partial charge on any atom is 0.161 e. The highest BCUT2D eigenvalue weighted by molar-refractivity contribution is 6.32. The van der Waals surface area contributed by atoms with Crippen LogP contribution in [0.5, 0.6) is 17.2 Å². The molecule has 4 heteroatoms. The summed E-state index contributed by atoms with van der Waals surface area (Å²) in [4.78, 5) is 0. The lowest BCUT2D eigenvalue weighted by Crippen LogP contribution is -1.90. The minimum atomic E-state index is 0.0592. The summed E-state index contributed by atoms with van der Waals surface area (Å²) in [5, 5.41) is 9.93. The summed E-state index contributed by atoms with van der Waals surface area (Å²) < 4.78 is 10.4. The van der Waals surface area contributed by atoms with Crippen molar-refractivity contribution in [3.8, 4) is 28.4 Å². The molecule has 0 saturated carbocycles. The van der Waals surface area contributed by atoms with Gasteiger partial charge in [0.25, 0.3) is 0 Å². The molecule has 0 heterocycles.